The van der Waals surface area contributed by atoms with Crippen LogP contribution in [-0.2, 0) is 11.3 Å². The first-order valence-electron chi connectivity index (χ1n) is 8.53. The second-order valence-corrected chi connectivity index (χ2v) is 6.16. The molecule has 1 aromatic rings. The molecule has 3 N–H and O–H groups in total. The topological polar surface area (TPSA) is 75.4 Å². The van der Waals surface area contributed by atoms with E-state index >= 15 is 0 Å². The van der Waals surface area contributed by atoms with E-state index in [0.29, 0.717) is 18.5 Å². The maximum absolute atomic E-state index is 12.4. The maximum Gasteiger partial charge on any atom is 0.253 e. The van der Waals surface area contributed by atoms with Crippen LogP contribution in [0.15, 0.2) is 24.3 Å². The van der Waals surface area contributed by atoms with Gasteiger partial charge in [-0.1, -0.05) is 25.5 Å². The van der Waals surface area contributed by atoms with Crippen LogP contribution in [0.5, 0.6) is 0 Å². The number of halogens is 1. The van der Waals surface area contributed by atoms with Gasteiger partial charge in [-0.05, 0) is 43.4 Å². The van der Waals surface area contributed by atoms with E-state index in [1.54, 1.807) is 0 Å². The molecule has 1 unspecified atom stereocenters. The Bertz CT molecular complexity index is 528. The van der Waals surface area contributed by atoms with Crippen LogP contribution in [0.4, 0.5) is 0 Å². The molecule has 1 atom stereocenters. The van der Waals surface area contributed by atoms with Crippen LogP contribution in [-0.4, -0.2) is 35.8 Å². The number of piperidine rings is 1. The number of nitrogens with two attached hydrogens (primary N) is 1. The average Bonchev–Trinajstić information content (AvgIpc) is 2.60. The zero-order valence-electron chi connectivity index (χ0n) is 14.3. The van der Waals surface area contributed by atoms with E-state index in [4.69, 9.17) is 5.73 Å². The lowest BCUT2D eigenvalue weighted by Gasteiger charge is -2.26. The SMILES string of the molecule is CCCC(N)C(=O)NCc1ccc(C(=O)N2CCCCC2)cc1.Cl. The van der Waals surface area contributed by atoms with Crippen LogP contribution >= 0.6 is 12.4 Å². The van der Waals surface area contributed by atoms with Crippen molar-refractivity contribution in [2.24, 2.45) is 5.73 Å². The number of hydrogen-bond acceptors (Lipinski definition) is 3. The molecule has 24 heavy (non-hydrogen) atoms. The summed E-state index contributed by atoms with van der Waals surface area (Å²) in [6.07, 6.45) is 4.97. The molecule has 0 saturated carbocycles. The van der Waals surface area contributed by atoms with Crippen molar-refractivity contribution in [3.05, 3.63) is 35.4 Å². The molecule has 6 heteroatoms. The van der Waals surface area contributed by atoms with Gasteiger partial charge >= 0.3 is 0 Å². The third-order valence-corrected chi connectivity index (χ3v) is 4.25. The number of nitrogens with zero attached hydrogens (tertiary/aromatic N) is 1. The quantitative estimate of drug-likeness (QED) is 0.825. The molecule has 134 valence electrons. The van der Waals surface area contributed by atoms with Gasteiger partial charge in [-0.3, -0.25) is 9.59 Å². The fraction of sp³-hybridized carbons (Fsp3) is 0.556. The summed E-state index contributed by atoms with van der Waals surface area (Å²) in [5.74, 6) is -0.0226. The van der Waals surface area contributed by atoms with Crippen LogP contribution < -0.4 is 11.1 Å². The minimum Gasteiger partial charge on any atom is -0.351 e. The van der Waals surface area contributed by atoms with Crippen molar-refractivity contribution >= 4 is 24.2 Å². The Kier molecular flexibility index (Phi) is 8.79. The number of nitrogens with one attached hydrogen (secondary N) is 1. The number of rotatable bonds is 6. The summed E-state index contributed by atoms with van der Waals surface area (Å²) in [4.78, 5) is 26.1. The van der Waals surface area contributed by atoms with Crippen LogP contribution in [0.25, 0.3) is 0 Å². The zero-order valence-corrected chi connectivity index (χ0v) is 15.1. The first-order chi connectivity index (χ1) is 11.1. The van der Waals surface area contributed by atoms with Crippen LogP contribution in [0.3, 0.4) is 0 Å². The Morgan fingerprint density at radius 1 is 1.17 bits per heavy atom. The highest BCUT2D eigenvalue weighted by atomic mass is 35.5. The summed E-state index contributed by atoms with van der Waals surface area (Å²) in [7, 11) is 0. The summed E-state index contributed by atoms with van der Waals surface area (Å²) in [5, 5.41) is 2.84. The minimum absolute atomic E-state index is 0. The maximum atomic E-state index is 12.4. The molecule has 2 amide bonds. The van der Waals surface area contributed by atoms with Crippen molar-refractivity contribution in [3.8, 4) is 0 Å². The molecule has 0 spiro atoms. The van der Waals surface area contributed by atoms with Crippen LogP contribution in [0.2, 0.25) is 0 Å². The number of benzene rings is 1. The molecule has 0 radical (unpaired) electrons. The van der Waals surface area contributed by atoms with Crippen LogP contribution in [0.1, 0.15) is 54.9 Å². The molecule has 1 saturated heterocycles. The van der Waals surface area contributed by atoms with Gasteiger partial charge in [0, 0.05) is 25.2 Å². The molecule has 1 aliphatic heterocycles. The predicted octanol–water partition coefficient (Wildman–Crippen LogP) is 2.48. The van der Waals surface area contributed by atoms with Gasteiger partial charge in [-0.15, -0.1) is 12.4 Å². The Hall–Kier alpha value is -1.59. The largest absolute Gasteiger partial charge is 0.351 e. The molecule has 2 rings (SSSR count). The second-order valence-electron chi connectivity index (χ2n) is 6.16. The van der Waals surface area contributed by atoms with E-state index < -0.39 is 6.04 Å². The standard InChI is InChI=1S/C18H27N3O2.ClH/c1-2-6-16(19)17(22)20-13-14-7-9-15(10-8-14)18(23)21-11-4-3-5-12-21;/h7-10,16H,2-6,11-13,19H2,1H3,(H,20,22);1H. The number of likely N-dealkylation sites (tertiary alicyclic amines) is 1. The first-order valence-corrected chi connectivity index (χ1v) is 8.53. The third-order valence-electron chi connectivity index (χ3n) is 4.25. The Labute approximate surface area is 150 Å². The smallest absolute Gasteiger partial charge is 0.253 e. The van der Waals surface area contributed by atoms with Gasteiger partial charge in [-0.2, -0.15) is 0 Å². The molecule has 5 nitrogen and oxygen atoms in total. The molecular weight excluding hydrogens is 326 g/mol. The second kappa shape index (κ2) is 10.3. The predicted molar refractivity (Wildman–Crippen MR) is 98.2 cm³/mol. The summed E-state index contributed by atoms with van der Waals surface area (Å²) in [6.45, 7) is 4.15. The van der Waals surface area contributed by atoms with E-state index in [9.17, 15) is 9.59 Å². The van der Waals surface area contributed by atoms with Gasteiger partial charge in [0.1, 0.15) is 0 Å². The highest BCUT2D eigenvalue weighted by Crippen LogP contribution is 2.14. The highest BCUT2D eigenvalue weighted by molar-refractivity contribution is 5.94. The number of carbonyl (C=O) groups excluding carboxylic acids is 2. The van der Waals surface area contributed by atoms with Gasteiger partial charge in [0.25, 0.3) is 5.91 Å². The summed E-state index contributed by atoms with van der Waals surface area (Å²) in [6, 6.07) is 7.01. The molecular formula is C18H28ClN3O2. The van der Waals surface area contributed by atoms with E-state index in [-0.39, 0.29) is 24.2 Å². The van der Waals surface area contributed by atoms with E-state index in [2.05, 4.69) is 5.32 Å². The summed E-state index contributed by atoms with van der Waals surface area (Å²) < 4.78 is 0. The molecule has 0 aromatic heterocycles. The van der Waals surface area contributed by atoms with Gasteiger partial charge in [0.15, 0.2) is 0 Å². The van der Waals surface area contributed by atoms with Crippen molar-refractivity contribution in [3.63, 3.8) is 0 Å². The van der Waals surface area contributed by atoms with Crippen molar-refractivity contribution in [1.29, 1.82) is 0 Å². The monoisotopic (exact) mass is 353 g/mol. The Balaban J connectivity index is 0.00000288. The van der Waals surface area contributed by atoms with Crippen molar-refractivity contribution < 1.29 is 9.59 Å². The highest BCUT2D eigenvalue weighted by Gasteiger charge is 2.18. The van der Waals surface area contributed by atoms with E-state index in [1.165, 1.54) is 6.42 Å². The van der Waals surface area contributed by atoms with Gasteiger partial charge in [0.05, 0.1) is 6.04 Å². The minimum atomic E-state index is -0.444. The third kappa shape index (κ3) is 5.80. The normalized spacial score (nSPS) is 15.3. The van der Waals surface area contributed by atoms with Crippen LogP contribution in [0, 0.1) is 0 Å². The van der Waals surface area contributed by atoms with Gasteiger partial charge in [-0.25, -0.2) is 0 Å². The van der Waals surface area contributed by atoms with Crippen molar-refractivity contribution in [2.75, 3.05) is 13.1 Å². The lowest BCUT2D eigenvalue weighted by atomic mass is 10.1. The van der Waals surface area contributed by atoms with E-state index in [1.807, 2.05) is 36.1 Å². The fourth-order valence-electron chi connectivity index (χ4n) is 2.81. The summed E-state index contributed by atoms with van der Waals surface area (Å²) >= 11 is 0. The number of carbonyl (C=O) groups is 2. The Morgan fingerprint density at radius 3 is 2.38 bits per heavy atom. The zero-order chi connectivity index (χ0) is 16.7. The van der Waals surface area contributed by atoms with Gasteiger partial charge < -0.3 is 16.0 Å². The average molecular weight is 354 g/mol. The molecule has 1 aliphatic rings. The summed E-state index contributed by atoms with van der Waals surface area (Å²) in [5.41, 5.74) is 7.46. The van der Waals surface area contributed by atoms with E-state index in [0.717, 1.165) is 37.9 Å². The Morgan fingerprint density at radius 2 is 1.79 bits per heavy atom. The molecule has 1 aromatic carbocycles. The van der Waals surface area contributed by atoms with Crippen molar-refractivity contribution in [1.82, 2.24) is 10.2 Å². The number of amides is 2. The fourth-order valence-corrected chi connectivity index (χ4v) is 2.81. The van der Waals surface area contributed by atoms with Gasteiger partial charge in [0.2, 0.25) is 5.91 Å². The molecule has 0 bridgehead atoms. The van der Waals surface area contributed by atoms with Crippen molar-refractivity contribution in [2.45, 2.75) is 51.6 Å². The first kappa shape index (κ1) is 20.5. The molecule has 1 fully saturated rings. The lowest BCUT2D eigenvalue weighted by molar-refractivity contribution is -0.122. The molecule has 1 heterocycles. The number of hydrogen-bond donors (Lipinski definition) is 2. The lowest BCUT2D eigenvalue weighted by Crippen LogP contribution is -2.40. The molecule has 0 aliphatic carbocycles.